The van der Waals surface area contributed by atoms with Crippen LogP contribution in [0.25, 0.3) is 11.1 Å². The van der Waals surface area contributed by atoms with Gasteiger partial charge in [0.25, 0.3) is 0 Å². The Morgan fingerprint density at radius 3 is 2.52 bits per heavy atom. The number of para-hydroxylation sites is 1. The number of nitrogens with zero attached hydrogens (tertiary/aromatic N) is 4. The number of anilines is 1. The highest BCUT2D eigenvalue weighted by Crippen LogP contribution is 2.43. The van der Waals surface area contributed by atoms with Gasteiger partial charge in [0.15, 0.2) is 5.58 Å². The van der Waals surface area contributed by atoms with E-state index in [1.807, 2.05) is 42.2 Å². The third kappa shape index (κ3) is 5.95. The second-order valence-corrected chi connectivity index (χ2v) is 14.0. The first kappa shape index (κ1) is 32.2. The van der Waals surface area contributed by atoms with Gasteiger partial charge >= 0.3 is 17.9 Å². The molecular formula is C36H46N6O6. The number of aromatic amines is 1. The van der Waals surface area contributed by atoms with E-state index in [0.717, 1.165) is 29.8 Å². The Kier molecular flexibility index (Phi) is 8.93. The van der Waals surface area contributed by atoms with Gasteiger partial charge in [-0.3, -0.25) is 24.5 Å². The minimum Gasteiger partial charge on any atom is -0.465 e. The maximum atomic E-state index is 15.1. The fourth-order valence-corrected chi connectivity index (χ4v) is 8.89. The monoisotopic (exact) mass is 658 g/mol. The molecule has 2 atom stereocenters. The first-order valence-electron chi connectivity index (χ1n) is 17.6. The highest BCUT2D eigenvalue weighted by molar-refractivity contribution is 5.93. The molecule has 256 valence electrons. The predicted molar refractivity (Wildman–Crippen MR) is 181 cm³/mol. The first-order chi connectivity index (χ1) is 23.2. The lowest BCUT2D eigenvalue weighted by molar-refractivity contribution is -0.153. The average Bonchev–Trinajstić information content (AvgIpc) is 3.39. The molecule has 3 N–H and O–H groups in total. The Hall–Kier alpha value is -4.32. The van der Waals surface area contributed by atoms with Gasteiger partial charge in [0.05, 0.1) is 11.4 Å². The molecule has 12 heteroatoms. The molecule has 1 saturated carbocycles. The van der Waals surface area contributed by atoms with Gasteiger partial charge < -0.3 is 19.7 Å². The fraction of sp³-hybridized carbons (Fsp3) is 0.556. The van der Waals surface area contributed by atoms with Crippen LogP contribution in [0.4, 0.5) is 15.3 Å². The summed E-state index contributed by atoms with van der Waals surface area (Å²) in [6, 6.07) is 11.5. The molecule has 1 aromatic heterocycles. The van der Waals surface area contributed by atoms with Crippen LogP contribution in [-0.2, 0) is 17.6 Å². The average molecular weight is 659 g/mol. The molecule has 48 heavy (non-hydrogen) atoms. The molecule has 3 aliphatic heterocycles. The molecule has 3 fully saturated rings. The lowest BCUT2D eigenvalue weighted by Gasteiger charge is -2.55. The van der Waals surface area contributed by atoms with Crippen molar-refractivity contribution >= 4 is 34.8 Å². The summed E-state index contributed by atoms with van der Waals surface area (Å²) >= 11 is 0. The number of nitrogens with one attached hydrogen (secondary N) is 2. The molecule has 1 aliphatic carbocycles. The number of aryl methyl sites for hydroxylation is 1. The molecule has 2 saturated heterocycles. The Balaban J connectivity index is 1.30. The van der Waals surface area contributed by atoms with E-state index >= 15 is 4.79 Å². The lowest BCUT2D eigenvalue weighted by atomic mass is 9.77. The van der Waals surface area contributed by atoms with Crippen LogP contribution in [0, 0.1) is 12.8 Å². The van der Waals surface area contributed by atoms with Crippen molar-refractivity contribution in [2.45, 2.75) is 82.8 Å². The molecule has 0 spiro atoms. The van der Waals surface area contributed by atoms with E-state index < -0.39 is 29.5 Å². The summed E-state index contributed by atoms with van der Waals surface area (Å²) in [7, 11) is 0. The van der Waals surface area contributed by atoms with Gasteiger partial charge in [-0.25, -0.2) is 14.4 Å². The number of H-pyrrole nitrogens is 1. The second kappa shape index (κ2) is 13.3. The molecule has 7 rings (SSSR count). The van der Waals surface area contributed by atoms with Crippen LogP contribution in [0.3, 0.4) is 0 Å². The summed E-state index contributed by atoms with van der Waals surface area (Å²) in [5.41, 5.74) is 2.74. The number of carbonyl (C=O) groups excluding carboxylic acids is 2. The van der Waals surface area contributed by atoms with E-state index in [1.54, 1.807) is 11.0 Å². The van der Waals surface area contributed by atoms with Crippen LogP contribution in [0.2, 0.25) is 0 Å². The van der Waals surface area contributed by atoms with Gasteiger partial charge in [-0.2, -0.15) is 0 Å². The standard InChI is InChI=1S/C36H46N6O6/c1-24-21-25(23-30-31(24)38-34(45)48-30)22-28(32(43)40-19-17-39(18-20-40)27-10-3-2-4-11-27)36(14-7-8-15-42(36)35(46)47)41-16-13-26-9-5-6-12-29(26)37-33(41)44/h5-6,9,12,21,23,27-28H,2-4,7-8,10-11,13-20,22H2,1H3,(H,37,44)(H,38,45)(H,46,47)/t28?,36-/m1/s1. The van der Waals surface area contributed by atoms with Crippen molar-refractivity contribution < 1.29 is 23.9 Å². The van der Waals surface area contributed by atoms with Crippen LogP contribution in [0.5, 0.6) is 0 Å². The summed E-state index contributed by atoms with van der Waals surface area (Å²) in [6.45, 7) is 5.01. The summed E-state index contributed by atoms with van der Waals surface area (Å²) < 4.78 is 5.44. The predicted octanol–water partition coefficient (Wildman–Crippen LogP) is 5.02. The molecule has 12 nitrogen and oxygen atoms in total. The number of likely N-dealkylation sites (tertiary alicyclic amines) is 1. The van der Waals surface area contributed by atoms with Gasteiger partial charge in [0.2, 0.25) is 5.91 Å². The Labute approximate surface area is 280 Å². The number of piperazine rings is 1. The van der Waals surface area contributed by atoms with E-state index in [9.17, 15) is 19.5 Å². The normalized spacial score (nSPS) is 23.4. The van der Waals surface area contributed by atoms with Crippen molar-refractivity contribution in [3.63, 3.8) is 0 Å². The number of hydrogen-bond donors (Lipinski definition) is 3. The van der Waals surface area contributed by atoms with Gasteiger partial charge in [-0.15, -0.1) is 0 Å². The number of hydrogen-bond acceptors (Lipinski definition) is 6. The van der Waals surface area contributed by atoms with E-state index in [4.69, 9.17) is 4.42 Å². The van der Waals surface area contributed by atoms with Crippen molar-refractivity contribution in [2.24, 2.45) is 5.92 Å². The van der Waals surface area contributed by atoms with Gasteiger partial charge in [-0.1, -0.05) is 43.5 Å². The second-order valence-electron chi connectivity index (χ2n) is 14.0. The van der Waals surface area contributed by atoms with Gasteiger partial charge in [-0.05, 0) is 80.7 Å². The minimum atomic E-state index is -1.43. The van der Waals surface area contributed by atoms with Gasteiger partial charge in [0.1, 0.15) is 5.66 Å². The smallest absolute Gasteiger partial charge is 0.417 e. The van der Waals surface area contributed by atoms with Crippen molar-refractivity contribution in [3.8, 4) is 0 Å². The van der Waals surface area contributed by atoms with Crippen molar-refractivity contribution in [1.82, 2.24) is 24.6 Å². The number of piperidine rings is 1. The number of urea groups is 1. The molecule has 4 aliphatic rings. The van der Waals surface area contributed by atoms with E-state index in [0.29, 0.717) is 61.6 Å². The highest BCUT2D eigenvalue weighted by atomic mass is 16.4. The fourth-order valence-electron chi connectivity index (χ4n) is 8.89. The number of aromatic nitrogens is 1. The van der Waals surface area contributed by atoms with Crippen LogP contribution in [0.15, 0.2) is 45.6 Å². The van der Waals surface area contributed by atoms with Crippen LogP contribution >= 0.6 is 0 Å². The zero-order chi connectivity index (χ0) is 33.4. The third-order valence-corrected chi connectivity index (χ3v) is 11.3. The zero-order valence-corrected chi connectivity index (χ0v) is 27.7. The number of amides is 4. The van der Waals surface area contributed by atoms with E-state index in [1.165, 1.54) is 37.0 Å². The van der Waals surface area contributed by atoms with Crippen molar-refractivity contribution in [1.29, 1.82) is 0 Å². The number of benzene rings is 2. The summed E-state index contributed by atoms with van der Waals surface area (Å²) in [4.78, 5) is 64.8. The van der Waals surface area contributed by atoms with Crippen LogP contribution < -0.4 is 11.1 Å². The van der Waals surface area contributed by atoms with Crippen LogP contribution in [-0.4, -0.2) is 98.7 Å². The number of fused-ring (bicyclic) bond motifs is 2. The molecule has 4 heterocycles. The number of carboxylic acid groups (broad SMARTS) is 1. The summed E-state index contributed by atoms with van der Waals surface area (Å²) in [5.74, 6) is -1.60. The molecule has 4 amide bonds. The Bertz CT molecular complexity index is 1740. The molecule has 0 radical (unpaired) electrons. The molecule has 0 bridgehead atoms. The minimum absolute atomic E-state index is 0.144. The topological polar surface area (TPSA) is 142 Å². The molecule has 2 aromatic carbocycles. The number of oxazole rings is 1. The molecular weight excluding hydrogens is 612 g/mol. The lowest BCUT2D eigenvalue weighted by Crippen LogP contribution is -2.72. The maximum absolute atomic E-state index is 15.1. The van der Waals surface area contributed by atoms with Gasteiger partial charge in [0, 0.05) is 51.0 Å². The summed E-state index contributed by atoms with van der Waals surface area (Å²) in [5, 5.41) is 13.8. The number of carbonyl (C=O) groups is 3. The van der Waals surface area contributed by atoms with Crippen LogP contribution in [0.1, 0.15) is 68.1 Å². The largest absolute Gasteiger partial charge is 0.465 e. The zero-order valence-electron chi connectivity index (χ0n) is 27.7. The Morgan fingerprint density at radius 2 is 1.75 bits per heavy atom. The van der Waals surface area contributed by atoms with Crippen molar-refractivity contribution in [2.75, 3.05) is 44.6 Å². The summed E-state index contributed by atoms with van der Waals surface area (Å²) in [6.07, 6.45) is 7.35. The quantitative estimate of drug-likeness (QED) is 0.338. The van der Waals surface area contributed by atoms with E-state index in [2.05, 4.69) is 15.2 Å². The highest BCUT2D eigenvalue weighted by Gasteiger charge is 2.57. The van der Waals surface area contributed by atoms with E-state index in [-0.39, 0.29) is 25.4 Å². The number of rotatable bonds is 6. The Morgan fingerprint density at radius 1 is 0.979 bits per heavy atom. The molecule has 3 aromatic rings. The first-order valence-corrected chi connectivity index (χ1v) is 17.6. The van der Waals surface area contributed by atoms with Crippen molar-refractivity contribution in [3.05, 3.63) is 63.6 Å². The maximum Gasteiger partial charge on any atom is 0.417 e. The molecule has 1 unspecified atom stereocenters. The third-order valence-electron chi connectivity index (χ3n) is 11.3. The SMILES string of the molecule is Cc1cc(CC(C(=O)N2CCN(C3CCCCC3)CC2)[C@@]2(N3CCc4ccccc4NC3=O)CCCCN2C(=O)O)cc2oc(=O)[nH]c12.